The van der Waals surface area contributed by atoms with Gasteiger partial charge >= 0.3 is 0 Å². The van der Waals surface area contributed by atoms with E-state index in [0.29, 0.717) is 24.7 Å². The van der Waals surface area contributed by atoms with Crippen LogP contribution in [-0.2, 0) is 11.3 Å². The van der Waals surface area contributed by atoms with Gasteiger partial charge in [0.05, 0.1) is 6.54 Å². The molecule has 1 aliphatic carbocycles. The lowest BCUT2D eigenvalue weighted by atomic mass is 9.86. The van der Waals surface area contributed by atoms with Crippen LogP contribution in [0.3, 0.4) is 0 Å². The normalized spacial score (nSPS) is 15.3. The van der Waals surface area contributed by atoms with E-state index >= 15 is 0 Å². The SMILES string of the molecule is Cc1ccc(-c2noc(CN(C)C(=O)CCC3CCCCC3)n2)cc1. The first-order valence-electron chi connectivity index (χ1n) is 9.25. The lowest BCUT2D eigenvalue weighted by Crippen LogP contribution is -2.26. The predicted octanol–water partition coefficient (Wildman–Crippen LogP) is 4.36. The molecule has 2 aromatic rings. The zero-order valence-corrected chi connectivity index (χ0v) is 15.2. The Kier molecular flexibility index (Phi) is 5.84. The molecule has 0 bridgehead atoms. The molecule has 5 heteroatoms. The molecule has 134 valence electrons. The number of aromatic nitrogens is 2. The first kappa shape index (κ1) is 17.6. The highest BCUT2D eigenvalue weighted by Gasteiger charge is 2.18. The van der Waals surface area contributed by atoms with Gasteiger partial charge in [0, 0.05) is 19.0 Å². The molecule has 1 amide bonds. The largest absolute Gasteiger partial charge is 0.337 e. The zero-order chi connectivity index (χ0) is 17.6. The van der Waals surface area contributed by atoms with Gasteiger partial charge in [-0.3, -0.25) is 4.79 Å². The summed E-state index contributed by atoms with van der Waals surface area (Å²) in [5.74, 6) is 1.92. The predicted molar refractivity (Wildman–Crippen MR) is 96.8 cm³/mol. The van der Waals surface area contributed by atoms with E-state index < -0.39 is 0 Å². The first-order chi connectivity index (χ1) is 12.1. The molecule has 1 aromatic heterocycles. The molecule has 5 nitrogen and oxygen atoms in total. The Morgan fingerprint density at radius 2 is 1.92 bits per heavy atom. The van der Waals surface area contributed by atoms with E-state index in [2.05, 4.69) is 10.1 Å². The van der Waals surface area contributed by atoms with Crippen LogP contribution in [0.2, 0.25) is 0 Å². The van der Waals surface area contributed by atoms with Crippen LogP contribution in [0, 0.1) is 12.8 Å². The standard InChI is InChI=1S/C20H27N3O2/c1-15-8-11-17(12-9-15)20-21-18(25-22-20)14-23(2)19(24)13-10-16-6-4-3-5-7-16/h8-9,11-12,16H,3-7,10,13-14H2,1-2H3. The molecule has 0 spiro atoms. The van der Waals surface area contributed by atoms with Gasteiger partial charge in [-0.15, -0.1) is 0 Å². The van der Waals surface area contributed by atoms with Crippen molar-refractivity contribution < 1.29 is 9.32 Å². The summed E-state index contributed by atoms with van der Waals surface area (Å²) in [6, 6.07) is 7.99. The van der Waals surface area contributed by atoms with Crippen LogP contribution in [0.25, 0.3) is 11.4 Å². The Balaban J connectivity index is 1.51. The summed E-state index contributed by atoms with van der Waals surface area (Å²) in [5, 5.41) is 4.02. The molecule has 0 atom stereocenters. The molecule has 1 aromatic carbocycles. The van der Waals surface area contributed by atoms with E-state index in [0.717, 1.165) is 17.9 Å². The molecule has 0 radical (unpaired) electrons. The van der Waals surface area contributed by atoms with Gasteiger partial charge in [0.1, 0.15) is 0 Å². The fourth-order valence-corrected chi connectivity index (χ4v) is 3.42. The lowest BCUT2D eigenvalue weighted by Gasteiger charge is -2.22. The third kappa shape index (κ3) is 4.91. The van der Waals surface area contributed by atoms with Gasteiger partial charge in [-0.25, -0.2) is 0 Å². The summed E-state index contributed by atoms with van der Waals surface area (Å²) in [5.41, 5.74) is 2.11. The van der Waals surface area contributed by atoms with Crippen LogP contribution in [0.5, 0.6) is 0 Å². The molecule has 0 saturated heterocycles. The highest BCUT2D eigenvalue weighted by molar-refractivity contribution is 5.75. The quantitative estimate of drug-likeness (QED) is 0.783. The molecule has 25 heavy (non-hydrogen) atoms. The van der Waals surface area contributed by atoms with Gasteiger partial charge in [0.25, 0.3) is 0 Å². The van der Waals surface area contributed by atoms with Crippen LogP contribution in [-0.4, -0.2) is 28.0 Å². The van der Waals surface area contributed by atoms with Crippen LogP contribution in [0.15, 0.2) is 28.8 Å². The molecule has 3 rings (SSSR count). The van der Waals surface area contributed by atoms with E-state index in [9.17, 15) is 4.79 Å². The van der Waals surface area contributed by atoms with Crippen molar-refractivity contribution in [1.29, 1.82) is 0 Å². The molecule has 1 aliphatic rings. The molecule has 1 saturated carbocycles. The van der Waals surface area contributed by atoms with Crippen LogP contribution in [0.4, 0.5) is 0 Å². The molecule has 0 unspecified atom stereocenters. The van der Waals surface area contributed by atoms with Crippen molar-refractivity contribution in [3.63, 3.8) is 0 Å². The Labute approximate surface area is 149 Å². The second kappa shape index (κ2) is 8.28. The van der Waals surface area contributed by atoms with Crippen LogP contribution in [0.1, 0.15) is 56.4 Å². The zero-order valence-electron chi connectivity index (χ0n) is 15.2. The lowest BCUT2D eigenvalue weighted by molar-refractivity contribution is -0.131. The highest BCUT2D eigenvalue weighted by atomic mass is 16.5. The number of benzene rings is 1. The maximum absolute atomic E-state index is 12.3. The summed E-state index contributed by atoms with van der Waals surface area (Å²) in [6.07, 6.45) is 8.16. The van der Waals surface area contributed by atoms with Gasteiger partial charge in [0.15, 0.2) is 0 Å². The molecule has 1 heterocycles. The van der Waals surface area contributed by atoms with Crippen LogP contribution < -0.4 is 0 Å². The molecular formula is C20H27N3O2. The number of hydrogen-bond donors (Lipinski definition) is 0. The van der Waals surface area contributed by atoms with Crippen molar-refractivity contribution in [2.24, 2.45) is 5.92 Å². The van der Waals surface area contributed by atoms with Crippen molar-refractivity contribution in [2.75, 3.05) is 7.05 Å². The van der Waals surface area contributed by atoms with Crippen molar-refractivity contribution in [3.8, 4) is 11.4 Å². The van der Waals surface area contributed by atoms with E-state index in [4.69, 9.17) is 4.52 Å². The highest BCUT2D eigenvalue weighted by Crippen LogP contribution is 2.27. The van der Waals surface area contributed by atoms with Crippen LogP contribution >= 0.6 is 0 Å². The number of amides is 1. The Bertz CT molecular complexity index is 687. The molecule has 0 aliphatic heterocycles. The van der Waals surface area contributed by atoms with Gasteiger partial charge < -0.3 is 9.42 Å². The molecule has 0 N–H and O–H groups in total. The van der Waals surface area contributed by atoms with Crippen molar-refractivity contribution in [3.05, 3.63) is 35.7 Å². The van der Waals surface area contributed by atoms with Gasteiger partial charge in [-0.2, -0.15) is 4.98 Å². The maximum atomic E-state index is 12.3. The van der Waals surface area contributed by atoms with Crippen molar-refractivity contribution in [2.45, 2.75) is 58.4 Å². The summed E-state index contributed by atoms with van der Waals surface area (Å²) in [4.78, 5) is 18.4. The van der Waals surface area contributed by atoms with E-state index in [1.54, 1.807) is 11.9 Å². The fraction of sp³-hybridized carbons (Fsp3) is 0.550. The minimum atomic E-state index is 0.153. The summed E-state index contributed by atoms with van der Waals surface area (Å²) in [6.45, 7) is 2.40. The summed E-state index contributed by atoms with van der Waals surface area (Å²) >= 11 is 0. The Hall–Kier alpha value is -2.17. The molecular weight excluding hydrogens is 314 g/mol. The van der Waals surface area contributed by atoms with Crippen molar-refractivity contribution >= 4 is 5.91 Å². The van der Waals surface area contributed by atoms with E-state index in [-0.39, 0.29) is 5.91 Å². The Morgan fingerprint density at radius 3 is 2.64 bits per heavy atom. The first-order valence-corrected chi connectivity index (χ1v) is 9.25. The van der Waals surface area contributed by atoms with Crippen molar-refractivity contribution in [1.82, 2.24) is 15.0 Å². The number of hydrogen-bond acceptors (Lipinski definition) is 4. The van der Waals surface area contributed by atoms with E-state index in [1.807, 2.05) is 31.2 Å². The van der Waals surface area contributed by atoms with E-state index in [1.165, 1.54) is 37.7 Å². The second-order valence-corrected chi connectivity index (χ2v) is 7.17. The average Bonchev–Trinajstić information content (AvgIpc) is 3.09. The number of nitrogens with zero attached hydrogens (tertiary/aromatic N) is 3. The fourth-order valence-electron chi connectivity index (χ4n) is 3.42. The minimum absolute atomic E-state index is 0.153. The van der Waals surface area contributed by atoms with Gasteiger partial charge in [0.2, 0.25) is 17.6 Å². The third-order valence-electron chi connectivity index (χ3n) is 5.07. The number of rotatable bonds is 6. The molecule has 1 fully saturated rings. The maximum Gasteiger partial charge on any atom is 0.246 e. The summed E-state index contributed by atoms with van der Waals surface area (Å²) < 4.78 is 5.31. The van der Waals surface area contributed by atoms with Gasteiger partial charge in [-0.05, 0) is 19.3 Å². The topological polar surface area (TPSA) is 59.2 Å². The number of aryl methyl sites for hydroxylation is 1. The van der Waals surface area contributed by atoms with Gasteiger partial charge in [-0.1, -0.05) is 67.1 Å². The monoisotopic (exact) mass is 341 g/mol. The number of carbonyl (C=O) groups is 1. The smallest absolute Gasteiger partial charge is 0.246 e. The summed E-state index contributed by atoms with van der Waals surface area (Å²) in [7, 11) is 1.80. The Morgan fingerprint density at radius 1 is 1.20 bits per heavy atom. The minimum Gasteiger partial charge on any atom is -0.337 e. The third-order valence-corrected chi connectivity index (χ3v) is 5.07. The number of carbonyl (C=O) groups excluding carboxylic acids is 1. The second-order valence-electron chi connectivity index (χ2n) is 7.17. The average molecular weight is 341 g/mol.